The molecule has 1 aromatic heterocycles. The highest BCUT2D eigenvalue weighted by atomic mass is 32.2. The Morgan fingerprint density at radius 1 is 1.17 bits per heavy atom. The molecule has 23 heavy (non-hydrogen) atoms. The van der Waals surface area contributed by atoms with E-state index in [-0.39, 0.29) is 17.5 Å². The molecule has 6 nitrogen and oxygen atoms in total. The van der Waals surface area contributed by atoms with E-state index in [0.717, 1.165) is 30.5 Å². The molecule has 0 bridgehead atoms. The lowest BCUT2D eigenvalue weighted by molar-refractivity contribution is 0.600. The number of sulfone groups is 1. The van der Waals surface area contributed by atoms with E-state index in [2.05, 4.69) is 14.9 Å². The lowest BCUT2D eigenvalue weighted by Gasteiger charge is -2.27. The molecule has 1 aromatic rings. The molecule has 2 saturated heterocycles. The average Bonchev–Trinajstić information content (AvgIpc) is 2.73. The van der Waals surface area contributed by atoms with E-state index >= 15 is 0 Å². The van der Waals surface area contributed by atoms with Crippen LogP contribution in [0.5, 0.6) is 0 Å². The zero-order chi connectivity index (χ0) is 16.4. The van der Waals surface area contributed by atoms with Gasteiger partial charge in [0.15, 0.2) is 9.84 Å². The summed E-state index contributed by atoms with van der Waals surface area (Å²) in [6, 6.07) is 2.04. The van der Waals surface area contributed by atoms with Crippen LogP contribution in [-0.2, 0) is 9.84 Å². The summed E-state index contributed by atoms with van der Waals surface area (Å²) in [4.78, 5) is 13.5. The van der Waals surface area contributed by atoms with Gasteiger partial charge in [0, 0.05) is 32.2 Å². The van der Waals surface area contributed by atoms with Crippen molar-refractivity contribution in [3.63, 3.8) is 0 Å². The Kier molecular flexibility index (Phi) is 4.75. The third kappa shape index (κ3) is 3.94. The highest BCUT2D eigenvalue weighted by Crippen LogP contribution is 2.25. The van der Waals surface area contributed by atoms with Gasteiger partial charge >= 0.3 is 0 Å². The van der Waals surface area contributed by atoms with Crippen LogP contribution in [0.3, 0.4) is 0 Å². The van der Waals surface area contributed by atoms with Crippen LogP contribution in [0.4, 0.5) is 11.6 Å². The van der Waals surface area contributed by atoms with Gasteiger partial charge in [0.2, 0.25) is 0 Å². The van der Waals surface area contributed by atoms with Crippen molar-refractivity contribution in [2.75, 3.05) is 41.4 Å². The van der Waals surface area contributed by atoms with Gasteiger partial charge in [-0.2, -0.15) is 0 Å². The normalized spacial score (nSPS) is 24.4. The molecule has 0 radical (unpaired) electrons. The van der Waals surface area contributed by atoms with Crippen molar-refractivity contribution in [2.24, 2.45) is 0 Å². The molecule has 0 N–H and O–H groups in total. The lowest BCUT2D eigenvalue weighted by atomic mass is 10.2. The van der Waals surface area contributed by atoms with E-state index in [4.69, 9.17) is 0 Å². The van der Waals surface area contributed by atoms with E-state index in [1.54, 1.807) is 0 Å². The maximum atomic E-state index is 11.7. The maximum Gasteiger partial charge on any atom is 0.152 e. The molecule has 2 fully saturated rings. The third-order valence-corrected chi connectivity index (χ3v) is 6.61. The number of aryl methyl sites for hydroxylation is 1. The minimum Gasteiger partial charge on any atom is -0.356 e. The van der Waals surface area contributed by atoms with E-state index in [0.29, 0.717) is 6.42 Å². The lowest BCUT2D eigenvalue weighted by Crippen LogP contribution is -2.34. The molecular weight excluding hydrogens is 312 g/mol. The maximum absolute atomic E-state index is 11.7. The molecule has 0 amide bonds. The highest BCUT2D eigenvalue weighted by molar-refractivity contribution is 7.91. The second-order valence-electron chi connectivity index (χ2n) is 6.70. The Hall–Kier alpha value is -1.37. The molecule has 3 rings (SSSR count). The minimum atomic E-state index is -2.89. The molecule has 1 unspecified atom stereocenters. The zero-order valence-corrected chi connectivity index (χ0v) is 14.8. The number of hydrogen-bond donors (Lipinski definition) is 0. The van der Waals surface area contributed by atoms with E-state index < -0.39 is 9.84 Å². The topological polar surface area (TPSA) is 66.4 Å². The summed E-state index contributed by atoms with van der Waals surface area (Å²) < 4.78 is 23.5. The largest absolute Gasteiger partial charge is 0.356 e. The Labute approximate surface area is 138 Å². The Morgan fingerprint density at radius 2 is 1.87 bits per heavy atom. The standard InChI is InChI=1S/C16H26N4O2S/c1-13-17-15(19(2)14-7-10-23(21,22)12-14)11-16(18-13)20-8-5-3-4-6-9-20/h11,14H,3-10,12H2,1-2H3. The molecule has 0 spiro atoms. The molecule has 0 saturated carbocycles. The van der Waals surface area contributed by atoms with Gasteiger partial charge < -0.3 is 9.80 Å². The fraction of sp³-hybridized carbons (Fsp3) is 0.750. The smallest absolute Gasteiger partial charge is 0.152 e. The van der Waals surface area contributed by atoms with Crippen LogP contribution in [0.1, 0.15) is 37.9 Å². The van der Waals surface area contributed by atoms with E-state index in [1.165, 1.54) is 25.7 Å². The predicted molar refractivity (Wildman–Crippen MR) is 92.9 cm³/mol. The molecule has 2 aliphatic rings. The molecule has 2 aliphatic heterocycles. The summed E-state index contributed by atoms with van der Waals surface area (Å²) in [6.45, 7) is 3.99. The Balaban J connectivity index is 1.82. The number of hydrogen-bond acceptors (Lipinski definition) is 6. The molecule has 1 atom stereocenters. The highest BCUT2D eigenvalue weighted by Gasteiger charge is 2.31. The van der Waals surface area contributed by atoms with E-state index in [9.17, 15) is 8.42 Å². The minimum absolute atomic E-state index is 0.0197. The Bertz CT molecular complexity index is 654. The molecule has 7 heteroatoms. The van der Waals surface area contributed by atoms with Gasteiger partial charge in [0.25, 0.3) is 0 Å². The summed E-state index contributed by atoms with van der Waals surface area (Å²) in [6.07, 6.45) is 5.66. The molecule has 0 aliphatic carbocycles. The second-order valence-corrected chi connectivity index (χ2v) is 8.93. The summed E-state index contributed by atoms with van der Waals surface area (Å²) in [5.74, 6) is 3.06. The molecule has 0 aromatic carbocycles. The zero-order valence-electron chi connectivity index (χ0n) is 14.0. The first-order chi connectivity index (χ1) is 10.9. The first-order valence-corrected chi connectivity index (χ1v) is 10.3. The van der Waals surface area contributed by atoms with Crippen molar-refractivity contribution in [1.82, 2.24) is 9.97 Å². The van der Waals surface area contributed by atoms with Crippen molar-refractivity contribution >= 4 is 21.5 Å². The monoisotopic (exact) mass is 338 g/mol. The number of anilines is 2. The Morgan fingerprint density at radius 3 is 2.48 bits per heavy atom. The predicted octanol–water partition coefficient (Wildman–Crippen LogP) is 1.79. The van der Waals surface area contributed by atoms with Crippen LogP contribution in [0, 0.1) is 6.92 Å². The third-order valence-electron chi connectivity index (χ3n) is 4.86. The van der Waals surface area contributed by atoms with Crippen LogP contribution >= 0.6 is 0 Å². The van der Waals surface area contributed by atoms with Crippen LogP contribution < -0.4 is 9.80 Å². The number of nitrogens with zero attached hydrogens (tertiary/aromatic N) is 4. The van der Waals surface area contributed by atoms with Crippen molar-refractivity contribution in [1.29, 1.82) is 0 Å². The first-order valence-electron chi connectivity index (χ1n) is 8.48. The van der Waals surface area contributed by atoms with Gasteiger partial charge in [-0.05, 0) is 26.2 Å². The quantitative estimate of drug-likeness (QED) is 0.837. The summed E-state index contributed by atoms with van der Waals surface area (Å²) >= 11 is 0. The van der Waals surface area contributed by atoms with E-state index in [1.807, 2.05) is 24.9 Å². The number of rotatable bonds is 3. The van der Waals surface area contributed by atoms with Crippen LogP contribution in [0.15, 0.2) is 6.07 Å². The van der Waals surface area contributed by atoms with Crippen LogP contribution in [0.2, 0.25) is 0 Å². The fourth-order valence-corrected chi connectivity index (χ4v) is 5.22. The van der Waals surface area contributed by atoms with Crippen molar-refractivity contribution in [2.45, 2.75) is 45.1 Å². The summed E-state index contributed by atoms with van der Waals surface area (Å²) in [7, 11) is -0.946. The summed E-state index contributed by atoms with van der Waals surface area (Å²) in [5, 5.41) is 0. The first kappa shape index (κ1) is 16.5. The summed E-state index contributed by atoms with van der Waals surface area (Å²) in [5.41, 5.74) is 0. The fourth-order valence-electron chi connectivity index (χ4n) is 3.45. The van der Waals surface area contributed by atoms with Crippen LogP contribution in [0.25, 0.3) is 0 Å². The van der Waals surface area contributed by atoms with Crippen molar-refractivity contribution < 1.29 is 8.42 Å². The van der Waals surface area contributed by atoms with Crippen molar-refractivity contribution in [3.05, 3.63) is 11.9 Å². The molecular formula is C16H26N4O2S. The molecule has 3 heterocycles. The van der Waals surface area contributed by atoms with Gasteiger partial charge in [0.05, 0.1) is 11.5 Å². The average molecular weight is 338 g/mol. The number of aromatic nitrogens is 2. The van der Waals surface area contributed by atoms with Gasteiger partial charge in [-0.15, -0.1) is 0 Å². The van der Waals surface area contributed by atoms with Gasteiger partial charge in [-0.25, -0.2) is 18.4 Å². The second kappa shape index (κ2) is 6.63. The SMILES string of the molecule is Cc1nc(N2CCCCCC2)cc(N(C)C2CCS(=O)(=O)C2)n1. The van der Waals surface area contributed by atoms with Gasteiger partial charge in [-0.3, -0.25) is 0 Å². The van der Waals surface area contributed by atoms with Crippen LogP contribution in [-0.4, -0.2) is 56.1 Å². The van der Waals surface area contributed by atoms with Gasteiger partial charge in [-0.1, -0.05) is 12.8 Å². The molecule has 128 valence electrons. The van der Waals surface area contributed by atoms with Gasteiger partial charge in [0.1, 0.15) is 17.5 Å². The van der Waals surface area contributed by atoms with Crippen molar-refractivity contribution in [3.8, 4) is 0 Å².